The number of carbonyl (C=O) groups is 1. The van der Waals surface area contributed by atoms with Gasteiger partial charge < -0.3 is 0 Å². The molecule has 0 atom stereocenters. The number of fused-ring (bicyclic) bond motifs is 1. The summed E-state index contributed by atoms with van der Waals surface area (Å²) in [5.41, 5.74) is 5.22. The van der Waals surface area contributed by atoms with Crippen LogP contribution >= 0.6 is 0 Å². The van der Waals surface area contributed by atoms with Gasteiger partial charge in [0.25, 0.3) is 0 Å². The molecule has 0 N–H and O–H groups in total. The minimum Gasteiger partial charge on any atom is -0.279 e. The van der Waals surface area contributed by atoms with Crippen molar-refractivity contribution in [3.63, 3.8) is 0 Å². The third kappa shape index (κ3) is 2.64. The van der Waals surface area contributed by atoms with Crippen LogP contribution < -0.4 is 0 Å². The highest BCUT2D eigenvalue weighted by Crippen LogP contribution is 2.41. The molecule has 4 aromatic rings. The zero-order chi connectivity index (χ0) is 18.1. The molecule has 0 fully saturated rings. The van der Waals surface area contributed by atoms with E-state index in [9.17, 15) is 4.79 Å². The lowest BCUT2D eigenvalue weighted by Crippen LogP contribution is -2.17. The lowest BCUT2D eigenvalue weighted by atomic mass is 9.98. The molecule has 2 nitrogen and oxygen atoms in total. The number of carbonyl (C=O) groups excluding carboxylic acids is 1. The van der Waals surface area contributed by atoms with Gasteiger partial charge in [0.15, 0.2) is 0 Å². The van der Waals surface area contributed by atoms with Crippen LogP contribution in [0.5, 0.6) is 0 Å². The molecule has 128 valence electrons. The minimum atomic E-state index is -0.0862. The Morgan fingerprint density at radius 2 is 1.27 bits per heavy atom. The van der Waals surface area contributed by atoms with Gasteiger partial charge in [-0.2, -0.15) is 0 Å². The molecule has 2 heteroatoms. The van der Waals surface area contributed by atoms with Crippen LogP contribution in [-0.4, -0.2) is 10.5 Å². The molecule has 3 aromatic carbocycles. The Kier molecular flexibility index (Phi) is 4.18. The van der Waals surface area contributed by atoms with E-state index in [1.807, 2.05) is 73.0 Å². The molecule has 0 aliphatic heterocycles. The number of nitrogens with zero attached hydrogens (tertiary/aromatic N) is 1. The Morgan fingerprint density at radius 1 is 0.731 bits per heavy atom. The number of hydrogen-bond donors (Lipinski definition) is 0. The molecule has 0 radical (unpaired) electrons. The Labute approximate surface area is 153 Å². The van der Waals surface area contributed by atoms with Crippen LogP contribution in [0.3, 0.4) is 0 Å². The summed E-state index contributed by atoms with van der Waals surface area (Å²) in [7, 11) is 0. The molecule has 0 bridgehead atoms. The average Bonchev–Trinajstić information content (AvgIpc) is 3.03. The highest BCUT2D eigenvalue weighted by Gasteiger charge is 2.24. The fourth-order valence-electron chi connectivity index (χ4n) is 3.49. The Balaban J connectivity index is 2.17. The van der Waals surface area contributed by atoms with E-state index < -0.39 is 0 Å². The van der Waals surface area contributed by atoms with E-state index in [0.717, 1.165) is 33.3 Å². The number of para-hydroxylation sites is 1. The van der Waals surface area contributed by atoms with Gasteiger partial charge >= 0.3 is 0 Å². The van der Waals surface area contributed by atoms with Crippen molar-refractivity contribution in [2.45, 2.75) is 13.8 Å². The standard InChI is InChI=1S/C24H21NO/c1-17(2)24(26)25-21-16-10-9-15-20(21)22(18-11-5-3-6-12-18)23(25)19-13-7-4-8-14-19/h3-17H,1-2H3. The normalized spacial score (nSPS) is 11.2. The summed E-state index contributed by atoms with van der Waals surface area (Å²) in [6, 6.07) is 28.7. The summed E-state index contributed by atoms with van der Waals surface area (Å²) < 4.78 is 1.90. The lowest BCUT2D eigenvalue weighted by molar-refractivity contribution is 0.0863. The molecular weight excluding hydrogens is 318 g/mol. The van der Waals surface area contributed by atoms with Crippen LogP contribution in [-0.2, 0) is 0 Å². The maximum Gasteiger partial charge on any atom is 0.234 e. The highest BCUT2D eigenvalue weighted by atomic mass is 16.2. The fourth-order valence-corrected chi connectivity index (χ4v) is 3.49. The summed E-state index contributed by atoms with van der Waals surface area (Å²) in [5, 5.41) is 1.10. The quantitative estimate of drug-likeness (QED) is 0.431. The molecule has 0 spiro atoms. The SMILES string of the molecule is CC(C)C(=O)n1c(-c2ccccc2)c(-c2ccccc2)c2ccccc21. The smallest absolute Gasteiger partial charge is 0.234 e. The van der Waals surface area contributed by atoms with Crippen LogP contribution in [0.2, 0.25) is 0 Å². The average molecular weight is 339 g/mol. The third-order valence-corrected chi connectivity index (χ3v) is 4.70. The minimum absolute atomic E-state index is 0.0862. The van der Waals surface area contributed by atoms with E-state index in [1.165, 1.54) is 0 Å². The molecular formula is C24H21NO. The summed E-state index contributed by atoms with van der Waals surface area (Å²) in [4.78, 5) is 13.2. The van der Waals surface area contributed by atoms with Gasteiger partial charge in [0.1, 0.15) is 0 Å². The summed E-state index contributed by atoms with van der Waals surface area (Å²) in [6.07, 6.45) is 0. The van der Waals surface area contributed by atoms with Crippen LogP contribution in [0, 0.1) is 5.92 Å². The second-order valence-electron chi connectivity index (χ2n) is 6.80. The van der Waals surface area contributed by atoms with Gasteiger partial charge in [-0.25, -0.2) is 0 Å². The first kappa shape index (κ1) is 16.3. The van der Waals surface area contributed by atoms with Crippen LogP contribution in [0.15, 0.2) is 84.9 Å². The number of benzene rings is 3. The molecule has 0 aliphatic carbocycles. The van der Waals surface area contributed by atoms with Crippen molar-refractivity contribution >= 4 is 16.8 Å². The molecule has 0 saturated heterocycles. The number of hydrogen-bond acceptors (Lipinski definition) is 1. The molecule has 4 rings (SSSR count). The zero-order valence-corrected chi connectivity index (χ0v) is 15.0. The first-order valence-corrected chi connectivity index (χ1v) is 8.97. The second-order valence-corrected chi connectivity index (χ2v) is 6.80. The summed E-state index contributed by atoms with van der Waals surface area (Å²) in [6.45, 7) is 3.90. The molecule has 0 aliphatic rings. The van der Waals surface area contributed by atoms with Gasteiger partial charge in [0.2, 0.25) is 5.91 Å². The largest absolute Gasteiger partial charge is 0.279 e. The van der Waals surface area contributed by atoms with E-state index in [1.54, 1.807) is 0 Å². The predicted molar refractivity (Wildman–Crippen MR) is 108 cm³/mol. The van der Waals surface area contributed by atoms with Crippen molar-refractivity contribution < 1.29 is 4.79 Å². The molecule has 26 heavy (non-hydrogen) atoms. The fraction of sp³-hybridized carbons (Fsp3) is 0.125. The molecule has 1 aromatic heterocycles. The van der Waals surface area contributed by atoms with Crippen molar-refractivity contribution in [1.29, 1.82) is 0 Å². The van der Waals surface area contributed by atoms with Crippen molar-refractivity contribution in [1.82, 2.24) is 4.57 Å². The highest BCUT2D eigenvalue weighted by molar-refractivity contribution is 6.10. The van der Waals surface area contributed by atoms with Gasteiger partial charge in [-0.15, -0.1) is 0 Å². The molecule has 0 saturated carbocycles. The van der Waals surface area contributed by atoms with Crippen molar-refractivity contribution in [3.05, 3.63) is 84.9 Å². The molecule has 0 amide bonds. The number of rotatable bonds is 3. The first-order chi connectivity index (χ1) is 12.7. The maximum absolute atomic E-state index is 13.2. The van der Waals surface area contributed by atoms with Crippen molar-refractivity contribution in [2.75, 3.05) is 0 Å². The lowest BCUT2D eigenvalue weighted by Gasteiger charge is -2.13. The van der Waals surface area contributed by atoms with Crippen molar-refractivity contribution in [2.24, 2.45) is 5.92 Å². The molecule has 0 unspecified atom stereocenters. The van der Waals surface area contributed by atoms with Gasteiger partial charge in [0.05, 0.1) is 11.2 Å². The van der Waals surface area contributed by atoms with E-state index >= 15 is 0 Å². The maximum atomic E-state index is 13.2. The zero-order valence-electron chi connectivity index (χ0n) is 15.0. The Morgan fingerprint density at radius 3 is 1.88 bits per heavy atom. The van der Waals surface area contributed by atoms with Gasteiger partial charge in [0, 0.05) is 16.9 Å². The first-order valence-electron chi connectivity index (χ1n) is 8.97. The van der Waals surface area contributed by atoms with Crippen LogP contribution in [0.1, 0.15) is 18.6 Å². The monoisotopic (exact) mass is 339 g/mol. The van der Waals surface area contributed by atoms with E-state index in [4.69, 9.17) is 0 Å². The van der Waals surface area contributed by atoms with E-state index in [-0.39, 0.29) is 11.8 Å². The molecule has 1 heterocycles. The Bertz CT molecular complexity index is 1060. The van der Waals surface area contributed by atoms with E-state index in [0.29, 0.717) is 0 Å². The second kappa shape index (κ2) is 6.64. The van der Waals surface area contributed by atoms with E-state index in [2.05, 4.69) is 30.3 Å². The predicted octanol–water partition coefficient (Wildman–Crippen LogP) is 6.27. The topological polar surface area (TPSA) is 22.0 Å². The number of aromatic nitrogens is 1. The van der Waals surface area contributed by atoms with Crippen LogP contribution in [0.25, 0.3) is 33.3 Å². The third-order valence-electron chi connectivity index (χ3n) is 4.70. The van der Waals surface area contributed by atoms with Gasteiger partial charge in [-0.1, -0.05) is 92.7 Å². The van der Waals surface area contributed by atoms with Gasteiger partial charge in [-0.05, 0) is 17.2 Å². The van der Waals surface area contributed by atoms with Gasteiger partial charge in [-0.3, -0.25) is 9.36 Å². The summed E-state index contributed by atoms with van der Waals surface area (Å²) >= 11 is 0. The summed E-state index contributed by atoms with van der Waals surface area (Å²) in [5.74, 6) is 0.0270. The van der Waals surface area contributed by atoms with Crippen LogP contribution in [0.4, 0.5) is 0 Å². The Hall–Kier alpha value is -3.13. The van der Waals surface area contributed by atoms with Crippen molar-refractivity contribution in [3.8, 4) is 22.4 Å².